The molecular weight excluding hydrogens is 507 g/mol. The van der Waals surface area contributed by atoms with Crippen LogP contribution in [-0.2, 0) is 22.7 Å². The number of nitrogens with zero attached hydrogens (tertiary/aromatic N) is 3. The van der Waals surface area contributed by atoms with E-state index in [1.807, 2.05) is 12.1 Å². The van der Waals surface area contributed by atoms with Crippen LogP contribution >= 0.6 is 0 Å². The predicted molar refractivity (Wildman–Crippen MR) is 149 cm³/mol. The Morgan fingerprint density at radius 3 is 2.25 bits per heavy atom. The van der Waals surface area contributed by atoms with Crippen molar-refractivity contribution in [3.8, 4) is 0 Å². The van der Waals surface area contributed by atoms with Crippen LogP contribution in [0.4, 0.5) is 4.39 Å². The van der Waals surface area contributed by atoms with Crippen molar-refractivity contribution in [2.75, 3.05) is 19.6 Å². The van der Waals surface area contributed by atoms with Crippen molar-refractivity contribution in [3.63, 3.8) is 0 Å². The maximum atomic E-state index is 15.3. The number of piperazine rings is 1. The van der Waals surface area contributed by atoms with Crippen LogP contribution in [0.5, 0.6) is 0 Å². The molecular formula is C32H33FN4O3. The van der Waals surface area contributed by atoms with Crippen LogP contribution in [0.1, 0.15) is 58.4 Å². The summed E-state index contributed by atoms with van der Waals surface area (Å²) in [5.74, 6) is -1.55. The molecule has 40 heavy (non-hydrogen) atoms. The van der Waals surface area contributed by atoms with Crippen molar-refractivity contribution >= 4 is 17.7 Å². The van der Waals surface area contributed by atoms with E-state index in [1.165, 1.54) is 22.1 Å². The van der Waals surface area contributed by atoms with Gasteiger partial charge in [-0.3, -0.25) is 29.5 Å². The van der Waals surface area contributed by atoms with Gasteiger partial charge in [-0.05, 0) is 42.2 Å². The van der Waals surface area contributed by atoms with Crippen LogP contribution in [-0.4, -0.2) is 64.1 Å². The summed E-state index contributed by atoms with van der Waals surface area (Å²) in [7, 11) is 0. The Labute approximate surface area is 233 Å². The Balaban J connectivity index is 1.17. The molecule has 0 spiro atoms. The standard InChI is InChI=1S/C32H33FN4O3/c1-21-18-36(30(22-8-4-2-5-9-22)23-10-6-3-7-11-23)15-14-35(21)19-25-16-24-20-37(32(40)26(24)17-27(25)33)28-12-13-29(38)34-31(28)39/h2-11,16-17,21,28,30H,12-15,18-20H2,1H3,(H,34,38,39)/t21-,28?/m1/s1. The number of hydrogen-bond acceptors (Lipinski definition) is 5. The second-order valence-electron chi connectivity index (χ2n) is 11.0. The molecule has 3 aliphatic rings. The lowest BCUT2D eigenvalue weighted by Crippen LogP contribution is -2.52. The zero-order valence-electron chi connectivity index (χ0n) is 22.6. The number of halogens is 1. The van der Waals surface area contributed by atoms with Gasteiger partial charge in [-0.25, -0.2) is 4.39 Å². The van der Waals surface area contributed by atoms with Gasteiger partial charge in [0.1, 0.15) is 11.9 Å². The largest absolute Gasteiger partial charge is 0.322 e. The molecule has 2 fully saturated rings. The monoisotopic (exact) mass is 540 g/mol. The van der Waals surface area contributed by atoms with Gasteiger partial charge in [0.2, 0.25) is 11.8 Å². The summed E-state index contributed by atoms with van der Waals surface area (Å²) in [5, 5.41) is 2.31. The number of hydrogen-bond donors (Lipinski definition) is 1. The minimum absolute atomic E-state index is 0.146. The lowest BCUT2D eigenvalue weighted by Gasteiger charge is -2.43. The van der Waals surface area contributed by atoms with Crippen molar-refractivity contribution in [2.24, 2.45) is 0 Å². The Morgan fingerprint density at radius 2 is 1.62 bits per heavy atom. The van der Waals surface area contributed by atoms with E-state index in [2.05, 4.69) is 70.6 Å². The maximum Gasteiger partial charge on any atom is 0.255 e. The van der Waals surface area contributed by atoms with Crippen LogP contribution in [0, 0.1) is 5.82 Å². The van der Waals surface area contributed by atoms with Crippen molar-refractivity contribution in [3.05, 3.63) is 106 Å². The van der Waals surface area contributed by atoms with E-state index in [9.17, 15) is 14.4 Å². The molecule has 3 aromatic carbocycles. The Kier molecular flexibility index (Phi) is 7.21. The third kappa shape index (κ3) is 5.05. The molecule has 0 aromatic heterocycles. The number of nitrogens with one attached hydrogen (secondary N) is 1. The molecule has 2 atom stereocenters. The van der Waals surface area contributed by atoms with Gasteiger partial charge < -0.3 is 4.90 Å². The molecule has 0 saturated carbocycles. The molecule has 3 aromatic rings. The van der Waals surface area contributed by atoms with Crippen LogP contribution in [0.2, 0.25) is 0 Å². The minimum Gasteiger partial charge on any atom is -0.322 e. The fourth-order valence-corrected chi connectivity index (χ4v) is 6.36. The van der Waals surface area contributed by atoms with Crippen LogP contribution in [0.25, 0.3) is 0 Å². The third-order valence-corrected chi connectivity index (χ3v) is 8.46. The quantitative estimate of drug-likeness (QED) is 0.481. The van der Waals surface area contributed by atoms with Gasteiger partial charge in [0, 0.05) is 56.3 Å². The molecule has 7 nitrogen and oxygen atoms in total. The number of fused-ring (bicyclic) bond motifs is 1. The zero-order valence-corrected chi connectivity index (χ0v) is 22.6. The van der Waals surface area contributed by atoms with E-state index in [-0.39, 0.29) is 43.3 Å². The number of imide groups is 1. The first-order chi connectivity index (χ1) is 19.4. The van der Waals surface area contributed by atoms with Crippen molar-refractivity contribution in [2.45, 2.75) is 51.0 Å². The molecule has 6 rings (SSSR count). The molecule has 0 aliphatic carbocycles. The number of rotatable bonds is 6. The van der Waals surface area contributed by atoms with Gasteiger partial charge in [0.05, 0.1) is 6.04 Å². The molecule has 1 unspecified atom stereocenters. The Bertz CT molecular complexity index is 1390. The lowest BCUT2D eigenvalue weighted by atomic mass is 9.95. The Hall–Kier alpha value is -3.88. The van der Waals surface area contributed by atoms with Gasteiger partial charge in [-0.1, -0.05) is 60.7 Å². The molecule has 3 aliphatic heterocycles. The van der Waals surface area contributed by atoms with Gasteiger partial charge in [-0.15, -0.1) is 0 Å². The fraction of sp³-hybridized carbons (Fsp3) is 0.344. The normalized spacial score (nSPS) is 22.1. The van der Waals surface area contributed by atoms with E-state index in [0.29, 0.717) is 17.7 Å². The molecule has 3 heterocycles. The summed E-state index contributed by atoms with van der Waals surface area (Å²) in [5.41, 5.74) is 4.09. The average Bonchev–Trinajstić information content (AvgIpc) is 3.26. The summed E-state index contributed by atoms with van der Waals surface area (Å²) in [6, 6.07) is 23.8. The first-order valence-corrected chi connectivity index (χ1v) is 13.9. The van der Waals surface area contributed by atoms with Gasteiger partial charge >= 0.3 is 0 Å². The number of carbonyl (C=O) groups is 3. The minimum atomic E-state index is -0.709. The molecule has 8 heteroatoms. The second kappa shape index (κ2) is 10.9. The van der Waals surface area contributed by atoms with E-state index in [4.69, 9.17) is 0 Å². The van der Waals surface area contributed by atoms with E-state index in [1.54, 1.807) is 6.07 Å². The number of benzene rings is 3. The highest BCUT2D eigenvalue weighted by Gasteiger charge is 2.40. The van der Waals surface area contributed by atoms with E-state index in [0.717, 1.165) is 25.2 Å². The first-order valence-electron chi connectivity index (χ1n) is 13.9. The summed E-state index contributed by atoms with van der Waals surface area (Å²) in [4.78, 5) is 43.2. The number of piperidine rings is 1. The average molecular weight is 541 g/mol. The number of amides is 3. The molecule has 0 bridgehead atoms. The summed E-state index contributed by atoms with van der Waals surface area (Å²) in [6.45, 7) is 5.33. The van der Waals surface area contributed by atoms with Gasteiger partial charge in [-0.2, -0.15) is 0 Å². The van der Waals surface area contributed by atoms with Crippen molar-refractivity contribution < 1.29 is 18.8 Å². The molecule has 206 valence electrons. The summed E-state index contributed by atoms with van der Waals surface area (Å²) >= 11 is 0. The summed E-state index contributed by atoms with van der Waals surface area (Å²) < 4.78 is 15.3. The fourth-order valence-electron chi connectivity index (χ4n) is 6.36. The van der Waals surface area contributed by atoms with Crippen molar-refractivity contribution in [1.29, 1.82) is 0 Å². The van der Waals surface area contributed by atoms with Gasteiger partial charge in [0.15, 0.2) is 0 Å². The molecule has 2 saturated heterocycles. The smallest absolute Gasteiger partial charge is 0.255 e. The highest BCUT2D eigenvalue weighted by molar-refractivity contribution is 6.05. The predicted octanol–water partition coefficient (Wildman–Crippen LogP) is 3.88. The van der Waals surface area contributed by atoms with Gasteiger partial charge in [0.25, 0.3) is 5.91 Å². The Morgan fingerprint density at radius 1 is 0.950 bits per heavy atom. The highest BCUT2D eigenvalue weighted by Crippen LogP contribution is 2.33. The highest BCUT2D eigenvalue weighted by atomic mass is 19.1. The molecule has 0 radical (unpaired) electrons. The van der Waals surface area contributed by atoms with E-state index < -0.39 is 17.8 Å². The zero-order chi connectivity index (χ0) is 27.8. The van der Waals surface area contributed by atoms with Crippen molar-refractivity contribution in [1.82, 2.24) is 20.0 Å². The lowest BCUT2D eigenvalue weighted by molar-refractivity contribution is -0.136. The maximum absolute atomic E-state index is 15.3. The third-order valence-electron chi connectivity index (χ3n) is 8.46. The number of carbonyl (C=O) groups excluding carboxylic acids is 3. The van der Waals surface area contributed by atoms with Crippen LogP contribution in [0.3, 0.4) is 0 Å². The molecule has 3 amide bonds. The summed E-state index contributed by atoms with van der Waals surface area (Å²) in [6.07, 6.45) is 0.476. The topological polar surface area (TPSA) is 73.0 Å². The molecule has 1 N–H and O–H groups in total. The van der Waals surface area contributed by atoms with Crippen LogP contribution in [0.15, 0.2) is 72.8 Å². The van der Waals surface area contributed by atoms with E-state index >= 15 is 4.39 Å². The SMILES string of the molecule is C[C@@H]1CN(C(c2ccccc2)c2ccccc2)CCN1Cc1cc2c(cc1F)C(=O)N(C1CCC(=O)NC1=O)C2. The first kappa shape index (κ1) is 26.3. The second-order valence-corrected chi connectivity index (χ2v) is 11.0. The van der Waals surface area contributed by atoms with Crippen LogP contribution < -0.4 is 5.32 Å².